The molecule has 2 N–H and O–H groups in total. The fraction of sp³-hybridized carbons (Fsp3) is 0.929. The Hall–Kier alpha value is 0.179. The zero-order chi connectivity index (χ0) is 22.4. The Morgan fingerprint density at radius 2 is 1.81 bits per heavy atom. The van der Waals surface area contributed by atoms with Crippen molar-refractivity contribution in [3.8, 4) is 0 Å². The molecule has 0 aromatic rings. The molecule has 178 valence electrons. The van der Waals surface area contributed by atoms with Crippen LogP contribution in [0, 0.1) is 46.3 Å². The van der Waals surface area contributed by atoms with Crippen LogP contribution in [-0.2, 0) is 0 Å². The zero-order valence-electron chi connectivity index (χ0n) is 20.8. The normalized spacial score (nSPS) is 45.6. The molecule has 0 spiro atoms. The molecule has 9 atom stereocenters. The Labute approximate surface area is 198 Å². The summed E-state index contributed by atoms with van der Waals surface area (Å²) in [5.41, 5.74) is 2.14. The molecule has 3 heteroatoms. The van der Waals surface area contributed by atoms with Crippen LogP contribution in [-0.4, -0.2) is 37.4 Å². The summed E-state index contributed by atoms with van der Waals surface area (Å²) in [7, 11) is 0. The van der Waals surface area contributed by atoms with Gasteiger partial charge in [-0.3, -0.25) is 0 Å². The molecule has 31 heavy (non-hydrogen) atoms. The summed E-state index contributed by atoms with van der Waals surface area (Å²) in [5, 5.41) is 23.1. The van der Waals surface area contributed by atoms with E-state index in [0.29, 0.717) is 43.5 Å². The van der Waals surface area contributed by atoms with Gasteiger partial charge in [0.05, 0.1) is 0 Å². The van der Waals surface area contributed by atoms with Crippen molar-refractivity contribution in [2.24, 2.45) is 46.3 Å². The van der Waals surface area contributed by atoms with Gasteiger partial charge in [0.25, 0.3) is 0 Å². The first-order valence-corrected chi connectivity index (χ1v) is 16.2. The van der Waals surface area contributed by atoms with E-state index in [1.165, 1.54) is 55.8 Å². The minimum absolute atomic E-state index is 0.191. The van der Waals surface area contributed by atoms with Gasteiger partial charge in [0.15, 0.2) is 0 Å². The number of aliphatic hydroxyl groups excluding tert-OH is 2. The molecule has 4 aliphatic carbocycles. The van der Waals surface area contributed by atoms with E-state index >= 15 is 0 Å². The molecule has 0 amide bonds. The van der Waals surface area contributed by atoms with Crippen molar-refractivity contribution in [3.05, 3.63) is 11.6 Å². The molecule has 4 aliphatic rings. The molecule has 0 heterocycles. The maximum atomic E-state index is 11.4. The molecule has 0 aromatic heterocycles. The van der Waals surface area contributed by atoms with Gasteiger partial charge in [-0.15, -0.1) is 0 Å². The molecule has 3 fully saturated rings. The second kappa shape index (κ2) is 9.44. The summed E-state index contributed by atoms with van der Waals surface area (Å²) in [6, 6.07) is 0. The van der Waals surface area contributed by atoms with Gasteiger partial charge < -0.3 is 0 Å². The van der Waals surface area contributed by atoms with Crippen molar-refractivity contribution < 1.29 is 10.2 Å². The summed E-state index contributed by atoms with van der Waals surface area (Å²) in [6.45, 7) is 9.84. The SMILES string of the molecule is C[Se]C[C@]12CC[C@H](O)CC1=CC(O)[C@@H]1[C@@H]2CC[C@]2(C)[C@@H]([C@H](C)CCCC(C)C)CC[C@@H]12. The summed E-state index contributed by atoms with van der Waals surface area (Å²) in [6.07, 6.45) is 14.2. The molecule has 0 aliphatic heterocycles. The van der Waals surface area contributed by atoms with Crippen LogP contribution in [0.3, 0.4) is 0 Å². The van der Waals surface area contributed by atoms with Crippen molar-refractivity contribution in [2.75, 3.05) is 0 Å². The van der Waals surface area contributed by atoms with Crippen LogP contribution in [0.15, 0.2) is 11.6 Å². The Morgan fingerprint density at radius 3 is 2.52 bits per heavy atom. The molecule has 0 bridgehead atoms. The topological polar surface area (TPSA) is 40.5 Å². The number of fused-ring (bicyclic) bond motifs is 5. The van der Waals surface area contributed by atoms with Crippen LogP contribution in [0.5, 0.6) is 0 Å². The van der Waals surface area contributed by atoms with E-state index in [1.54, 1.807) is 0 Å². The first-order chi connectivity index (χ1) is 14.7. The Balaban J connectivity index is 1.57. The van der Waals surface area contributed by atoms with Crippen LogP contribution in [0.4, 0.5) is 0 Å². The minimum atomic E-state index is -0.289. The molecule has 3 saturated carbocycles. The van der Waals surface area contributed by atoms with E-state index in [-0.39, 0.29) is 12.2 Å². The van der Waals surface area contributed by atoms with E-state index in [4.69, 9.17) is 0 Å². The van der Waals surface area contributed by atoms with E-state index in [0.717, 1.165) is 37.0 Å². The van der Waals surface area contributed by atoms with Gasteiger partial charge in [0, 0.05) is 0 Å². The van der Waals surface area contributed by atoms with Gasteiger partial charge in [-0.1, -0.05) is 13.8 Å². The van der Waals surface area contributed by atoms with Gasteiger partial charge >= 0.3 is 185 Å². The number of rotatable bonds is 7. The van der Waals surface area contributed by atoms with Gasteiger partial charge in [0.1, 0.15) is 0 Å². The average molecular weight is 496 g/mol. The molecule has 0 aromatic carbocycles. The molecular formula is C28H48O2Se. The monoisotopic (exact) mass is 496 g/mol. The van der Waals surface area contributed by atoms with Crippen molar-refractivity contribution in [3.63, 3.8) is 0 Å². The van der Waals surface area contributed by atoms with Crippen LogP contribution >= 0.6 is 0 Å². The van der Waals surface area contributed by atoms with Crippen molar-refractivity contribution in [1.29, 1.82) is 0 Å². The van der Waals surface area contributed by atoms with E-state index in [9.17, 15) is 10.2 Å². The molecule has 0 radical (unpaired) electrons. The van der Waals surface area contributed by atoms with Gasteiger partial charge in [-0.25, -0.2) is 0 Å². The Morgan fingerprint density at radius 1 is 1.03 bits per heavy atom. The van der Waals surface area contributed by atoms with Crippen LogP contribution < -0.4 is 0 Å². The van der Waals surface area contributed by atoms with Crippen molar-refractivity contribution in [1.82, 2.24) is 0 Å². The third-order valence-electron chi connectivity index (χ3n) is 10.4. The van der Waals surface area contributed by atoms with Gasteiger partial charge in [0.2, 0.25) is 0 Å². The summed E-state index contributed by atoms with van der Waals surface area (Å²) in [5.74, 6) is 6.64. The van der Waals surface area contributed by atoms with E-state index < -0.39 is 0 Å². The number of aliphatic hydroxyl groups is 2. The molecule has 4 rings (SSSR count). The molecular weight excluding hydrogens is 447 g/mol. The van der Waals surface area contributed by atoms with E-state index in [1.807, 2.05) is 0 Å². The van der Waals surface area contributed by atoms with E-state index in [2.05, 4.69) is 39.6 Å². The predicted octanol–water partition coefficient (Wildman–Crippen LogP) is 6.51. The second-order valence-electron chi connectivity index (χ2n) is 12.5. The molecule has 1 unspecified atom stereocenters. The quantitative estimate of drug-likeness (QED) is 0.312. The molecule has 0 saturated heterocycles. The maximum absolute atomic E-state index is 11.4. The Kier molecular flexibility index (Phi) is 7.40. The predicted molar refractivity (Wildman–Crippen MR) is 131 cm³/mol. The first kappa shape index (κ1) is 24.3. The average Bonchev–Trinajstić information content (AvgIpc) is 3.06. The fourth-order valence-corrected chi connectivity index (χ4v) is 11.2. The van der Waals surface area contributed by atoms with Crippen LogP contribution in [0.1, 0.15) is 91.9 Å². The van der Waals surface area contributed by atoms with Crippen molar-refractivity contribution in [2.45, 2.75) is 115 Å². The summed E-state index contributed by atoms with van der Waals surface area (Å²) in [4.78, 5) is 0. The number of hydrogen-bond donors (Lipinski definition) is 2. The van der Waals surface area contributed by atoms with Crippen molar-refractivity contribution >= 4 is 15.0 Å². The summed E-state index contributed by atoms with van der Waals surface area (Å²) < 4.78 is 0. The Bertz CT molecular complexity index is 659. The third kappa shape index (κ3) is 4.24. The fourth-order valence-electron chi connectivity index (χ4n) is 8.99. The van der Waals surface area contributed by atoms with Crippen LogP contribution in [0.25, 0.3) is 0 Å². The standard InChI is InChI=1S/C28H48O2Se/c1-18(2)7-6-8-19(3)22-9-10-23-26-24(12-13-27(22,23)4)28(17-31-5)14-11-21(29)15-20(28)16-25(26)30/h16,18-19,21-26,29-30H,6-15,17H2,1-5H3/t19-,21+,22-,23+,24+,25?,26+,27-,28-/m1/s1. The summed E-state index contributed by atoms with van der Waals surface area (Å²) >= 11 is 0.637. The third-order valence-corrected chi connectivity index (χ3v) is 12.1. The zero-order valence-corrected chi connectivity index (χ0v) is 22.5. The van der Waals surface area contributed by atoms with Gasteiger partial charge in [-0.2, -0.15) is 0 Å². The number of hydrogen-bond acceptors (Lipinski definition) is 2. The molecule has 2 nitrogen and oxygen atoms in total. The first-order valence-electron chi connectivity index (χ1n) is 13.3. The van der Waals surface area contributed by atoms with Crippen LogP contribution in [0.2, 0.25) is 11.1 Å². The van der Waals surface area contributed by atoms with Gasteiger partial charge in [-0.05, 0) is 0 Å². The second-order valence-corrected chi connectivity index (χ2v) is 14.3.